The molecule has 0 unspecified atom stereocenters. The topological polar surface area (TPSA) is 12.5 Å². The van der Waals surface area contributed by atoms with Crippen molar-refractivity contribution in [3.8, 4) is 0 Å². The van der Waals surface area contributed by atoms with Crippen molar-refractivity contribution in [2.75, 3.05) is 0 Å². The zero-order chi connectivity index (χ0) is 6.66. The highest BCUT2D eigenvalue weighted by atomic mass is 16.6. The molecule has 10 heavy (non-hydrogen) atoms. The maximum atomic E-state index is 5.89. The van der Waals surface area contributed by atoms with Gasteiger partial charge in [-0.05, 0) is 32.1 Å². The summed E-state index contributed by atoms with van der Waals surface area (Å²) in [6, 6.07) is 0. The molecule has 3 rings (SSSR count). The highest BCUT2D eigenvalue weighted by Gasteiger charge is 2.71. The van der Waals surface area contributed by atoms with E-state index in [1.165, 1.54) is 44.9 Å². The Kier molecular flexibility index (Phi) is 0.797. The molecule has 3 fully saturated rings. The Morgan fingerprint density at radius 1 is 0.700 bits per heavy atom. The Balaban J connectivity index is 1.95. The van der Waals surface area contributed by atoms with Gasteiger partial charge in [0.1, 0.15) is 0 Å². The van der Waals surface area contributed by atoms with Gasteiger partial charge in [0.15, 0.2) is 0 Å². The van der Waals surface area contributed by atoms with E-state index in [2.05, 4.69) is 0 Å². The van der Waals surface area contributed by atoms with Gasteiger partial charge in [-0.15, -0.1) is 0 Å². The molecule has 0 aromatic rings. The SMILES string of the molecule is C1CC[C@]23CCC[C@]2(C1)O3. The van der Waals surface area contributed by atoms with Crippen LogP contribution in [0.1, 0.15) is 44.9 Å². The highest BCUT2D eigenvalue weighted by molar-refractivity contribution is 5.21. The molecule has 2 saturated carbocycles. The standard InChI is InChI=1S/C9H14O/c1-2-5-9-7-3-6-8(9,4-1)10-9/h1-7H2/t8-,9-/m0/s1. The first-order chi connectivity index (χ1) is 4.87. The Morgan fingerprint density at radius 2 is 1.20 bits per heavy atom. The van der Waals surface area contributed by atoms with Crippen LogP contribution in [0, 0.1) is 0 Å². The van der Waals surface area contributed by atoms with Gasteiger partial charge in [-0.25, -0.2) is 0 Å². The Bertz CT molecular complexity index is 152. The molecule has 1 nitrogen and oxygen atoms in total. The fraction of sp³-hybridized carbons (Fsp3) is 1.00. The Morgan fingerprint density at radius 3 is 1.80 bits per heavy atom. The van der Waals surface area contributed by atoms with Gasteiger partial charge >= 0.3 is 0 Å². The first kappa shape index (κ1) is 5.59. The van der Waals surface area contributed by atoms with Crippen LogP contribution in [0.2, 0.25) is 0 Å². The van der Waals surface area contributed by atoms with Crippen LogP contribution in [0.25, 0.3) is 0 Å². The van der Waals surface area contributed by atoms with Crippen LogP contribution in [0.4, 0.5) is 0 Å². The van der Waals surface area contributed by atoms with Crippen LogP contribution in [0.3, 0.4) is 0 Å². The number of rotatable bonds is 0. The lowest BCUT2D eigenvalue weighted by Gasteiger charge is -2.17. The molecular formula is C9H14O. The van der Waals surface area contributed by atoms with Gasteiger partial charge in [0, 0.05) is 0 Å². The van der Waals surface area contributed by atoms with Crippen molar-refractivity contribution in [1.29, 1.82) is 0 Å². The first-order valence-electron chi connectivity index (χ1n) is 4.57. The molecule has 0 radical (unpaired) electrons. The van der Waals surface area contributed by atoms with Crippen molar-refractivity contribution in [3.05, 3.63) is 0 Å². The molecule has 0 aromatic carbocycles. The molecule has 0 aromatic heterocycles. The molecule has 56 valence electrons. The van der Waals surface area contributed by atoms with E-state index in [9.17, 15) is 0 Å². The third-order valence-electron chi connectivity index (χ3n) is 3.75. The molecule has 0 N–H and O–H groups in total. The minimum absolute atomic E-state index is 0.436. The molecule has 1 aliphatic heterocycles. The summed E-state index contributed by atoms with van der Waals surface area (Å²) in [5.74, 6) is 0. The van der Waals surface area contributed by atoms with Crippen molar-refractivity contribution >= 4 is 0 Å². The van der Waals surface area contributed by atoms with E-state index in [1.807, 2.05) is 0 Å². The van der Waals surface area contributed by atoms with Crippen molar-refractivity contribution in [2.45, 2.75) is 56.1 Å². The molecule has 0 bridgehead atoms. The van der Waals surface area contributed by atoms with Gasteiger partial charge < -0.3 is 4.74 Å². The van der Waals surface area contributed by atoms with Crippen molar-refractivity contribution in [2.24, 2.45) is 0 Å². The lowest BCUT2D eigenvalue weighted by Crippen LogP contribution is -2.23. The number of hydrogen-bond donors (Lipinski definition) is 0. The third kappa shape index (κ3) is 0.430. The van der Waals surface area contributed by atoms with Crippen LogP contribution in [0.5, 0.6) is 0 Å². The third-order valence-corrected chi connectivity index (χ3v) is 3.75. The van der Waals surface area contributed by atoms with Crippen molar-refractivity contribution in [1.82, 2.24) is 0 Å². The zero-order valence-corrected chi connectivity index (χ0v) is 6.36. The second-order valence-corrected chi connectivity index (χ2v) is 4.15. The molecule has 1 heteroatoms. The summed E-state index contributed by atoms with van der Waals surface area (Å²) >= 11 is 0. The summed E-state index contributed by atoms with van der Waals surface area (Å²) in [7, 11) is 0. The predicted molar refractivity (Wildman–Crippen MR) is 38.9 cm³/mol. The first-order valence-corrected chi connectivity index (χ1v) is 4.57. The van der Waals surface area contributed by atoms with Crippen molar-refractivity contribution in [3.63, 3.8) is 0 Å². The number of ether oxygens (including phenoxy) is 1. The van der Waals surface area contributed by atoms with E-state index in [0.717, 1.165) is 0 Å². The molecule has 1 saturated heterocycles. The smallest absolute Gasteiger partial charge is 0.0980 e. The van der Waals surface area contributed by atoms with Gasteiger partial charge in [0.25, 0.3) is 0 Å². The molecule has 1 heterocycles. The quantitative estimate of drug-likeness (QED) is 0.468. The number of epoxide rings is 1. The fourth-order valence-corrected chi connectivity index (χ4v) is 3.19. The van der Waals surface area contributed by atoms with Crippen molar-refractivity contribution < 1.29 is 4.74 Å². The second-order valence-electron chi connectivity index (χ2n) is 4.15. The van der Waals surface area contributed by atoms with E-state index in [-0.39, 0.29) is 0 Å². The Hall–Kier alpha value is -0.0400. The monoisotopic (exact) mass is 138 g/mol. The lowest BCUT2D eigenvalue weighted by molar-refractivity contribution is 0.217. The number of hydrogen-bond acceptors (Lipinski definition) is 1. The second kappa shape index (κ2) is 1.42. The minimum atomic E-state index is 0.436. The van der Waals surface area contributed by atoms with E-state index >= 15 is 0 Å². The lowest BCUT2D eigenvalue weighted by atomic mass is 9.82. The van der Waals surface area contributed by atoms with Gasteiger partial charge in [0.05, 0.1) is 11.2 Å². The Labute approximate surface area is 61.8 Å². The molecule has 2 aliphatic carbocycles. The summed E-state index contributed by atoms with van der Waals surface area (Å²) in [6.45, 7) is 0. The van der Waals surface area contributed by atoms with Gasteiger partial charge in [-0.1, -0.05) is 12.8 Å². The summed E-state index contributed by atoms with van der Waals surface area (Å²) in [5.41, 5.74) is 0.872. The zero-order valence-electron chi connectivity index (χ0n) is 6.36. The fourth-order valence-electron chi connectivity index (χ4n) is 3.19. The molecular weight excluding hydrogens is 124 g/mol. The van der Waals surface area contributed by atoms with E-state index in [0.29, 0.717) is 11.2 Å². The maximum absolute atomic E-state index is 5.89. The summed E-state index contributed by atoms with van der Waals surface area (Å²) in [4.78, 5) is 0. The molecule has 0 spiro atoms. The minimum Gasteiger partial charge on any atom is -0.363 e. The molecule has 2 atom stereocenters. The summed E-state index contributed by atoms with van der Waals surface area (Å²) in [6.07, 6.45) is 9.74. The largest absolute Gasteiger partial charge is 0.363 e. The molecule has 0 amide bonds. The van der Waals surface area contributed by atoms with Crippen LogP contribution in [-0.2, 0) is 4.74 Å². The van der Waals surface area contributed by atoms with E-state index < -0.39 is 0 Å². The van der Waals surface area contributed by atoms with E-state index in [1.54, 1.807) is 0 Å². The van der Waals surface area contributed by atoms with Gasteiger partial charge in [-0.2, -0.15) is 0 Å². The van der Waals surface area contributed by atoms with Gasteiger partial charge in [0.2, 0.25) is 0 Å². The normalized spacial score (nSPS) is 57.6. The summed E-state index contributed by atoms with van der Waals surface area (Å²) in [5, 5.41) is 0. The predicted octanol–water partition coefficient (Wildman–Crippen LogP) is 2.25. The highest BCUT2D eigenvalue weighted by Crippen LogP contribution is 2.66. The summed E-state index contributed by atoms with van der Waals surface area (Å²) < 4.78 is 5.89. The molecule has 3 aliphatic rings. The maximum Gasteiger partial charge on any atom is 0.0980 e. The van der Waals surface area contributed by atoms with Crippen LogP contribution < -0.4 is 0 Å². The average molecular weight is 138 g/mol. The average Bonchev–Trinajstić information content (AvgIpc) is 2.47. The van der Waals surface area contributed by atoms with Crippen LogP contribution in [-0.4, -0.2) is 11.2 Å². The van der Waals surface area contributed by atoms with Crippen LogP contribution >= 0.6 is 0 Å². The van der Waals surface area contributed by atoms with Gasteiger partial charge in [-0.3, -0.25) is 0 Å². The van der Waals surface area contributed by atoms with E-state index in [4.69, 9.17) is 4.74 Å². The van der Waals surface area contributed by atoms with Crippen LogP contribution in [0.15, 0.2) is 0 Å².